The van der Waals surface area contributed by atoms with Gasteiger partial charge in [-0.3, -0.25) is 0 Å². The Kier molecular flexibility index (Phi) is 3.41. The van der Waals surface area contributed by atoms with Gasteiger partial charge in [-0.1, -0.05) is 0 Å². The summed E-state index contributed by atoms with van der Waals surface area (Å²) in [5.41, 5.74) is 0. The van der Waals surface area contributed by atoms with Crippen LogP contribution in [0, 0.1) is 5.92 Å². The van der Waals surface area contributed by atoms with Crippen molar-refractivity contribution in [3.8, 4) is 0 Å². The standard InChI is InChI=1S/C7H11F2NO3/c8-6(9)13-3-4-1-5(2-4)10-7(11)12/h4-6,10H,1-3H2,(H,11,12)/t4-,5-. The van der Waals surface area contributed by atoms with Crippen molar-refractivity contribution in [3.05, 3.63) is 0 Å². The summed E-state index contributed by atoms with van der Waals surface area (Å²) in [4.78, 5) is 10.1. The van der Waals surface area contributed by atoms with Crippen molar-refractivity contribution in [2.45, 2.75) is 25.5 Å². The molecule has 1 aliphatic rings. The predicted molar refractivity (Wildman–Crippen MR) is 39.6 cm³/mol. The molecule has 0 aromatic rings. The number of hydrogen-bond acceptors (Lipinski definition) is 2. The third kappa shape index (κ3) is 3.54. The summed E-state index contributed by atoms with van der Waals surface area (Å²) < 4.78 is 27.2. The molecule has 6 heteroatoms. The summed E-state index contributed by atoms with van der Waals surface area (Å²) in [7, 11) is 0. The zero-order chi connectivity index (χ0) is 9.84. The first-order chi connectivity index (χ1) is 6.08. The van der Waals surface area contributed by atoms with Crippen LogP contribution in [-0.2, 0) is 4.74 Å². The fraction of sp³-hybridized carbons (Fsp3) is 0.857. The van der Waals surface area contributed by atoms with Gasteiger partial charge < -0.3 is 15.2 Å². The lowest BCUT2D eigenvalue weighted by atomic mass is 9.81. The second-order valence-electron chi connectivity index (χ2n) is 3.08. The minimum absolute atomic E-state index is 0.00939. The Morgan fingerprint density at radius 1 is 1.62 bits per heavy atom. The van der Waals surface area contributed by atoms with Crippen molar-refractivity contribution in [1.82, 2.24) is 5.32 Å². The van der Waals surface area contributed by atoms with Crippen molar-refractivity contribution in [1.29, 1.82) is 0 Å². The Bertz CT molecular complexity index is 183. The van der Waals surface area contributed by atoms with Gasteiger partial charge in [-0.25, -0.2) is 4.79 Å². The van der Waals surface area contributed by atoms with E-state index in [-0.39, 0.29) is 18.6 Å². The topological polar surface area (TPSA) is 58.6 Å². The fourth-order valence-electron chi connectivity index (χ4n) is 1.37. The smallest absolute Gasteiger partial charge is 0.404 e. The molecule has 0 saturated heterocycles. The van der Waals surface area contributed by atoms with Crippen molar-refractivity contribution in [2.24, 2.45) is 5.92 Å². The molecule has 0 bridgehead atoms. The fourth-order valence-corrected chi connectivity index (χ4v) is 1.37. The molecule has 1 rings (SSSR count). The predicted octanol–water partition coefficient (Wildman–Crippen LogP) is 1.27. The SMILES string of the molecule is O=C(O)N[C@H]1C[C@H](COC(F)F)C1. The van der Waals surface area contributed by atoms with E-state index in [1.807, 2.05) is 0 Å². The molecule has 2 N–H and O–H groups in total. The molecule has 1 saturated carbocycles. The number of amides is 1. The molecule has 0 heterocycles. The Morgan fingerprint density at radius 2 is 2.23 bits per heavy atom. The number of carbonyl (C=O) groups is 1. The van der Waals surface area contributed by atoms with Crippen LogP contribution in [0.1, 0.15) is 12.8 Å². The summed E-state index contributed by atoms with van der Waals surface area (Å²) in [5.74, 6) is 0.0610. The average Bonchev–Trinajstić information content (AvgIpc) is 1.92. The van der Waals surface area contributed by atoms with Crippen LogP contribution in [0.15, 0.2) is 0 Å². The third-order valence-electron chi connectivity index (χ3n) is 2.02. The maximum Gasteiger partial charge on any atom is 0.404 e. The Hall–Kier alpha value is -0.910. The van der Waals surface area contributed by atoms with Gasteiger partial charge in [0.05, 0.1) is 6.61 Å². The molecule has 1 aliphatic carbocycles. The lowest BCUT2D eigenvalue weighted by Gasteiger charge is -2.34. The third-order valence-corrected chi connectivity index (χ3v) is 2.02. The second kappa shape index (κ2) is 4.36. The van der Waals surface area contributed by atoms with E-state index in [0.717, 1.165) is 0 Å². The summed E-state index contributed by atoms with van der Waals surface area (Å²) in [5, 5.41) is 10.6. The van der Waals surface area contributed by atoms with Crippen LogP contribution in [0.3, 0.4) is 0 Å². The van der Waals surface area contributed by atoms with Crippen molar-refractivity contribution in [3.63, 3.8) is 0 Å². The average molecular weight is 195 g/mol. The highest BCUT2D eigenvalue weighted by Crippen LogP contribution is 2.27. The first kappa shape index (κ1) is 10.2. The number of rotatable bonds is 4. The van der Waals surface area contributed by atoms with E-state index in [1.54, 1.807) is 0 Å². The number of alkyl halides is 2. The van der Waals surface area contributed by atoms with E-state index in [1.165, 1.54) is 0 Å². The minimum Gasteiger partial charge on any atom is -0.465 e. The highest BCUT2D eigenvalue weighted by atomic mass is 19.3. The summed E-state index contributed by atoms with van der Waals surface area (Å²) in [6, 6.07) is -0.0937. The lowest BCUT2D eigenvalue weighted by Crippen LogP contribution is -2.45. The number of ether oxygens (including phenoxy) is 1. The summed E-state index contributed by atoms with van der Waals surface area (Å²) >= 11 is 0. The van der Waals surface area contributed by atoms with Crippen molar-refractivity contribution >= 4 is 6.09 Å². The molecule has 76 valence electrons. The van der Waals surface area contributed by atoms with Crippen LogP contribution in [0.2, 0.25) is 0 Å². The maximum atomic E-state index is 11.5. The van der Waals surface area contributed by atoms with Crippen LogP contribution in [-0.4, -0.2) is 30.5 Å². The minimum atomic E-state index is -2.73. The van der Waals surface area contributed by atoms with E-state index in [2.05, 4.69) is 10.1 Å². The van der Waals surface area contributed by atoms with E-state index in [0.29, 0.717) is 12.8 Å². The van der Waals surface area contributed by atoms with E-state index < -0.39 is 12.7 Å². The van der Waals surface area contributed by atoms with Crippen LogP contribution in [0.4, 0.5) is 13.6 Å². The van der Waals surface area contributed by atoms with Crippen LogP contribution < -0.4 is 5.32 Å². The summed E-state index contributed by atoms with van der Waals surface area (Å²) in [6.45, 7) is -2.72. The first-order valence-electron chi connectivity index (χ1n) is 3.97. The first-order valence-corrected chi connectivity index (χ1v) is 3.97. The van der Waals surface area contributed by atoms with Gasteiger partial charge in [0.1, 0.15) is 0 Å². The molecule has 0 aliphatic heterocycles. The van der Waals surface area contributed by atoms with Gasteiger partial charge >= 0.3 is 12.7 Å². The monoisotopic (exact) mass is 195 g/mol. The zero-order valence-corrected chi connectivity index (χ0v) is 6.87. The zero-order valence-electron chi connectivity index (χ0n) is 6.87. The number of halogens is 2. The normalized spacial score (nSPS) is 27.0. The molecule has 4 nitrogen and oxygen atoms in total. The molecular weight excluding hydrogens is 184 g/mol. The lowest BCUT2D eigenvalue weighted by molar-refractivity contribution is -0.145. The van der Waals surface area contributed by atoms with Gasteiger partial charge in [-0.05, 0) is 18.8 Å². The highest BCUT2D eigenvalue weighted by Gasteiger charge is 2.30. The quantitative estimate of drug-likeness (QED) is 0.710. The van der Waals surface area contributed by atoms with E-state index in [9.17, 15) is 13.6 Å². The van der Waals surface area contributed by atoms with Gasteiger partial charge in [0, 0.05) is 6.04 Å². The van der Waals surface area contributed by atoms with E-state index in [4.69, 9.17) is 5.11 Å². The Labute approximate surface area is 73.9 Å². The summed E-state index contributed by atoms with van der Waals surface area (Å²) in [6.07, 6.45) is 0.0936. The molecule has 13 heavy (non-hydrogen) atoms. The molecule has 0 aromatic carbocycles. The molecule has 0 spiro atoms. The second-order valence-corrected chi connectivity index (χ2v) is 3.08. The largest absolute Gasteiger partial charge is 0.465 e. The molecule has 0 atom stereocenters. The van der Waals surface area contributed by atoms with Crippen molar-refractivity contribution in [2.75, 3.05) is 6.61 Å². The molecule has 0 radical (unpaired) electrons. The van der Waals surface area contributed by atoms with Gasteiger partial charge in [0.15, 0.2) is 0 Å². The molecule has 1 fully saturated rings. The maximum absolute atomic E-state index is 11.5. The van der Waals surface area contributed by atoms with Crippen LogP contribution in [0.25, 0.3) is 0 Å². The van der Waals surface area contributed by atoms with Gasteiger partial charge in [-0.2, -0.15) is 8.78 Å². The van der Waals surface area contributed by atoms with Gasteiger partial charge in [0.2, 0.25) is 0 Å². The van der Waals surface area contributed by atoms with Crippen molar-refractivity contribution < 1.29 is 23.4 Å². The van der Waals surface area contributed by atoms with Crippen LogP contribution >= 0.6 is 0 Å². The highest BCUT2D eigenvalue weighted by molar-refractivity contribution is 5.64. The van der Waals surface area contributed by atoms with Gasteiger partial charge in [-0.15, -0.1) is 0 Å². The van der Waals surface area contributed by atoms with E-state index >= 15 is 0 Å². The van der Waals surface area contributed by atoms with Crippen LogP contribution in [0.5, 0.6) is 0 Å². The van der Waals surface area contributed by atoms with Gasteiger partial charge in [0.25, 0.3) is 0 Å². The number of nitrogens with one attached hydrogen (secondary N) is 1. The Morgan fingerprint density at radius 3 is 2.69 bits per heavy atom. The number of carboxylic acid groups (broad SMARTS) is 1. The molecule has 1 amide bonds. The Balaban J connectivity index is 2.02. The number of hydrogen-bond donors (Lipinski definition) is 2. The molecule has 0 aromatic heterocycles. The molecule has 0 unspecified atom stereocenters. The molecular formula is C7H11F2NO3.